The molecule has 4 heterocycles. The molecular formula is C19H28N2O3S. The number of thioether (sulfide) groups is 1. The van der Waals surface area contributed by atoms with E-state index in [1.807, 2.05) is 27.6 Å². The van der Waals surface area contributed by atoms with Crippen LogP contribution in [0.15, 0.2) is 12.2 Å². The van der Waals surface area contributed by atoms with E-state index in [-0.39, 0.29) is 29.8 Å². The van der Waals surface area contributed by atoms with Crippen LogP contribution in [0, 0.1) is 17.8 Å². The van der Waals surface area contributed by atoms with Crippen LogP contribution in [0.5, 0.6) is 0 Å². The maximum Gasteiger partial charge on any atom is 0.230 e. The van der Waals surface area contributed by atoms with Crippen LogP contribution in [0.2, 0.25) is 0 Å². The average Bonchev–Trinajstić information content (AvgIpc) is 3.28. The van der Waals surface area contributed by atoms with E-state index in [0.717, 1.165) is 44.0 Å². The molecule has 4 aliphatic rings. The lowest BCUT2D eigenvalue weighted by molar-refractivity contribution is -0.143. The van der Waals surface area contributed by atoms with Crippen molar-refractivity contribution >= 4 is 23.6 Å². The second-order valence-corrected chi connectivity index (χ2v) is 8.96. The Labute approximate surface area is 154 Å². The van der Waals surface area contributed by atoms with Crippen molar-refractivity contribution in [3.8, 4) is 0 Å². The minimum Gasteiger partial charge on any atom is -0.360 e. The van der Waals surface area contributed by atoms with Gasteiger partial charge >= 0.3 is 0 Å². The van der Waals surface area contributed by atoms with Crippen LogP contribution in [-0.4, -0.2) is 71.0 Å². The summed E-state index contributed by atoms with van der Waals surface area (Å²) < 4.78 is 6.23. The minimum absolute atomic E-state index is 0.124. The summed E-state index contributed by atoms with van der Waals surface area (Å²) in [5.41, 5.74) is -0.557. The molecule has 3 saturated heterocycles. The second-order valence-electron chi connectivity index (χ2n) is 7.74. The third-order valence-corrected chi connectivity index (χ3v) is 7.36. The fourth-order valence-electron chi connectivity index (χ4n) is 4.87. The third-order valence-electron chi connectivity index (χ3n) is 6.42. The van der Waals surface area contributed by atoms with E-state index in [1.54, 1.807) is 0 Å². The molecule has 0 aromatic heterocycles. The van der Waals surface area contributed by atoms with Gasteiger partial charge in [0.15, 0.2) is 0 Å². The van der Waals surface area contributed by atoms with Gasteiger partial charge in [-0.15, -0.1) is 0 Å². The molecule has 0 unspecified atom stereocenters. The van der Waals surface area contributed by atoms with Crippen molar-refractivity contribution in [3.05, 3.63) is 12.2 Å². The van der Waals surface area contributed by atoms with Crippen LogP contribution < -0.4 is 0 Å². The number of hydrogen-bond donors (Lipinski definition) is 0. The number of rotatable bonds is 5. The van der Waals surface area contributed by atoms with E-state index >= 15 is 0 Å². The van der Waals surface area contributed by atoms with Crippen molar-refractivity contribution in [3.63, 3.8) is 0 Å². The Bertz CT molecular complexity index is 585. The van der Waals surface area contributed by atoms with Gasteiger partial charge < -0.3 is 14.5 Å². The molecule has 0 aliphatic carbocycles. The smallest absolute Gasteiger partial charge is 0.230 e. The van der Waals surface area contributed by atoms with Gasteiger partial charge in [0, 0.05) is 31.1 Å². The molecule has 138 valence electrons. The fraction of sp³-hybridized carbons (Fsp3) is 0.789. The van der Waals surface area contributed by atoms with Gasteiger partial charge in [-0.1, -0.05) is 38.8 Å². The predicted octanol–water partition coefficient (Wildman–Crippen LogP) is 1.78. The first-order valence-electron chi connectivity index (χ1n) is 9.62. The fourth-order valence-corrected chi connectivity index (χ4v) is 5.77. The molecule has 6 heteroatoms. The molecule has 5 nitrogen and oxygen atoms in total. The monoisotopic (exact) mass is 364 g/mol. The molecule has 0 aromatic rings. The summed E-state index contributed by atoms with van der Waals surface area (Å²) in [5.74, 6) is 2.11. The van der Waals surface area contributed by atoms with Crippen molar-refractivity contribution in [2.75, 3.05) is 37.7 Å². The van der Waals surface area contributed by atoms with Crippen LogP contribution in [0.25, 0.3) is 0 Å². The Morgan fingerprint density at radius 2 is 2.08 bits per heavy atom. The summed E-state index contributed by atoms with van der Waals surface area (Å²) >= 11 is 1.89. The molecule has 4 aliphatic heterocycles. The maximum atomic E-state index is 13.2. The Morgan fingerprint density at radius 3 is 2.76 bits per heavy atom. The lowest BCUT2D eigenvalue weighted by Gasteiger charge is -2.32. The predicted molar refractivity (Wildman–Crippen MR) is 98.3 cm³/mol. The molecule has 0 aromatic carbocycles. The van der Waals surface area contributed by atoms with Crippen LogP contribution >= 0.6 is 11.8 Å². The van der Waals surface area contributed by atoms with Gasteiger partial charge in [0.05, 0.1) is 24.5 Å². The first-order valence-corrected chi connectivity index (χ1v) is 10.8. The van der Waals surface area contributed by atoms with Crippen molar-refractivity contribution < 1.29 is 14.3 Å². The number of ether oxygens (including phenoxy) is 1. The Morgan fingerprint density at radius 1 is 1.36 bits per heavy atom. The van der Waals surface area contributed by atoms with Gasteiger partial charge in [-0.2, -0.15) is 11.8 Å². The molecule has 0 radical (unpaired) electrons. The van der Waals surface area contributed by atoms with E-state index in [1.165, 1.54) is 0 Å². The Hall–Kier alpha value is -1.01. The van der Waals surface area contributed by atoms with Crippen LogP contribution in [0.3, 0.4) is 0 Å². The molecule has 4 rings (SSSR count). The van der Waals surface area contributed by atoms with Crippen LogP contribution in [0.1, 0.15) is 26.7 Å². The molecule has 3 fully saturated rings. The molecule has 2 amide bonds. The number of fused-ring (bicyclic) bond motifs is 1. The molecule has 2 bridgehead atoms. The molecule has 1 spiro atoms. The molecular weight excluding hydrogens is 336 g/mol. The zero-order valence-corrected chi connectivity index (χ0v) is 16.0. The summed E-state index contributed by atoms with van der Waals surface area (Å²) in [4.78, 5) is 30.2. The number of carbonyl (C=O) groups excluding carboxylic acids is 2. The number of nitrogens with zero attached hydrogens (tertiary/aromatic N) is 2. The lowest BCUT2D eigenvalue weighted by atomic mass is 9.76. The van der Waals surface area contributed by atoms with E-state index in [9.17, 15) is 9.59 Å². The number of carbonyl (C=O) groups is 2. The van der Waals surface area contributed by atoms with E-state index in [2.05, 4.69) is 19.9 Å². The first kappa shape index (κ1) is 17.4. The number of likely N-dealkylation sites (tertiary alicyclic amines) is 1. The summed E-state index contributed by atoms with van der Waals surface area (Å²) in [7, 11) is 0. The van der Waals surface area contributed by atoms with Crippen molar-refractivity contribution in [2.24, 2.45) is 17.8 Å². The van der Waals surface area contributed by atoms with Gasteiger partial charge in [-0.25, -0.2) is 0 Å². The Kier molecular flexibility index (Phi) is 4.61. The third kappa shape index (κ3) is 2.72. The van der Waals surface area contributed by atoms with Crippen molar-refractivity contribution in [1.29, 1.82) is 0 Å². The summed E-state index contributed by atoms with van der Waals surface area (Å²) in [5, 5.41) is 0. The summed E-state index contributed by atoms with van der Waals surface area (Å²) in [6, 6.07) is 0. The Balaban J connectivity index is 1.55. The SMILES string of the molecule is CCC(CC)CN1C[C@]23C=C[C@H](O2)[C@@H](C(=O)N2CCSCC2)[C@@H]3C1=O. The zero-order valence-electron chi connectivity index (χ0n) is 15.1. The highest BCUT2D eigenvalue weighted by molar-refractivity contribution is 7.99. The first-order chi connectivity index (χ1) is 12.1. The van der Waals surface area contributed by atoms with Gasteiger partial charge in [0.25, 0.3) is 0 Å². The van der Waals surface area contributed by atoms with Crippen LogP contribution in [-0.2, 0) is 14.3 Å². The lowest BCUT2D eigenvalue weighted by Crippen LogP contribution is -2.48. The molecule has 0 N–H and O–H groups in total. The number of amides is 2. The van der Waals surface area contributed by atoms with Gasteiger partial charge in [-0.05, 0) is 5.92 Å². The highest BCUT2D eigenvalue weighted by Gasteiger charge is 2.67. The topological polar surface area (TPSA) is 49.9 Å². The number of hydrogen-bond acceptors (Lipinski definition) is 4. The molecule has 4 atom stereocenters. The molecule has 25 heavy (non-hydrogen) atoms. The summed E-state index contributed by atoms with van der Waals surface area (Å²) in [6.45, 7) is 7.34. The zero-order chi connectivity index (χ0) is 17.6. The van der Waals surface area contributed by atoms with Gasteiger partial charge in [0.2, 0.25) is 11.8 Å². The van der Waals surface area contributed by atoms with E-state index in [0.29, 0.717) is 12.5 Å². The maximum absolute atomic E-state index is 13.2. The van der Waals surface area contributed by atoms with Crippen molar-refractivity contribution in [1.82, 2.24) is 9.80 Å². The van der Waals surface area contributed by atoms with E-state index in [4.69, 9.17) is 4.74 Å². The average molecular weight is 365 g/mol. The van der Waals surface area contributed by atoms with Gasteiger partial charge in [-0.3, -0.25) is 9.59 Å². The second kappa shape index (κ2) is 6.62. The van der Waals surface area contributed by atoms with E-state index < -0.39 is 5.60 Å². The highest BCUT2D eigenvalue weighted by Crippen LogP contribution is 2.52. The molecule has 0 saturated carbocycles. The van der Waals surface area contributed by atoms with Crippen LogP contribution in [0.4, 0.5) is 0 Å². The largest absolute Gasteiger partial charge is 0.360 e. The summed E-state index contributed by atoms with van der Waals surface area (Å²) in [6.07, 6.45) is 6.01. The standard InChI is InChI=1S/C19H28N2O3S/c1-3-13(4-2)11-21-12-19-6-5-14(24-19)15(16(19)18(21)23)17(22)20-7-9-25-10-8-20/h5-6,13-16H,3-4,7-12H2,1-2H3/t14-,15+,16+,19-/m0/s1. The van der Waals surface area contributed by atoms with Gasteiger partial charge in [0.1, 0.15) is 5.60 Å². The minimum atomic E-state index is -0.557. The highest BCUT2D eigenvalue weighted by atomic mass is 32.2. The van der Waals surface area contributed by atoms with Crippen molar-refractivity contribution in [2.45, 2.75) is 38.4 Å². The quantitative estimate of drug-likeness (QED) is 0.698. The normalized spacial score (nSPS) is 36.6.